The molecule has 0 amide bonds. The van der Waals surface area contributed by atoms with Gasteiger partial charge in [0.15, 0.2) is 17.3 Å². The molecule has 18 aromatic rings. The van der Waals surface area contributed by atoms with Crippen LogP contribution in [0.3, 0.4) is 0 Å². The molecule has 3 radical (unpaired) electrons. The SMILES string of the molecule is CC(=O)C=C(C)O.CC(=O)C=C(C)O.CC(=O)C=C(C)O.CC(C)(C)c1cc(-c2cc3cc(-c4[c-]ccc5c4oc4ccccc45)ncc3s2)cc(C(C)(C)C)c1.CC(C)c1ccc(-c2cc3cc(-c4[c-]ccc5c4oc4ccccc45)ncc3s2)cc1.Cc1cc(C(C)(C)C)cc(C)c1-c1cc2cc(-c3[c-]ccc4c3oc3ccccc34)ncc2s1.[Ir].[Ir].[Ir]. The number of benzene rings is 9. The van der Waals surface area contributed by atoms with Gasteiger partial charge in [-0.2, -0.15) is 0 Å². The van der Waals surface area contributed by atoms with Crippen molar-refractivity contribution in [2.24, 2.45) is 0 Å². The smallest absolute Gasteiger partial charge is 0.155 e. The van der Waals surface area contributed by atoms with Gasteiger partial charge in [0.25, 0.3) is 0 Å². The molecule has 18 heteroatoms. The molecule has 0 saturated carbocycles. The Labute approximate surface area is 783 Å². The average Bonchev–Trinajstić information content (AvgIpc) is 1.62. The number of aliphatic hydroxyl groups is 3. The van der Waals surface area contributed by atoms with Crippen molar-refractivity contribution in [2.75, 3.05) is 0 Å². The van der Waals surface area contributed by atoms with E-state index in [1.807, 2.05) is 103 Å². The number of aryl methyl sites for hydroxylation is 2. The Balaban J connectivity index is 0.000000174. The number of thiophene rings is 3. The Bertz CT molecular complexity index is 6950. The van der Waals surface area contributed by atoms with Gasteiger partial charge in [-0.05, 0) is 209 Å². The third-order valence-electron chi connectivity index (χ3n) is 20.7. The molecular formula is C107H100Ir3N3O9S3-3. The van der Waals surface area contributed by atoms with Gasteiger partial charge in [0, 0.05) is 128 Å². The first-order valence-electron chi connectivity index (χ1n) is 40.6. The minimum Gasteiger partial charge on any atom is -0.512 e. The minimum absolute atomic E-state index is 0. The zero-order valence-corrected chi connectivity index (χ0v) is 83.1. The molecule has 0 fully saturated rings. The molecular weight excluding hydrogens is 2140 g/mol. The normalized spacial score (nSPS) is 11.9. The fraction of sp³-hybridized carbons (Fsp3) is 0.215. The van der Waals surface area contributed by atoms with Crippen LogP contribution in [0.15, 0.2) is 268 Å². The van der Waals surface area contributed by atoms with Crippen LogP contribution < -0.4 is 0 Å². The van der Waals surface area contributed by atoms with Crippen LogP contribution in [0.1, 0.15) is 157 Å². The van der Waals surface area contributed by atoms with E-state index >= 15 is 0 Å². The number of aliphatic hydroxyl groups excluding tert-OH is 3. The summed E-state index contributed by atoms with van der Waals surface area (Å²) in [6.45, 7) is 38.0. The Morgan fingerprint density at radius 3 is 0.984 bits per heavy atom. The quantitative estimate of drug-likeness (QED) is 0.0668. The molecule has 3 N–H and O–H groups in total. The van der Waals surface area contributed by atoms with Gasteiger partial charge in [-0.3, -0.25) is 14.4 Å². The standard InChI is InChI=1S/C33H30NOS.C31H26NOS.C28H20NOS.3C5H8O2.3Ir/c1-32(2,3)22-14-20(15-23(18-22)33(4,5)6)29-17-21-16-27(34-19-30(21)36-29)26-12-9-11-25-24-10-7-8-13-28(24)35-31(25)26;1-18-13-21(31(3,4)5)14-19(2)29(18)27-16-20-15-25(32-17-28(20)34-27)24-11-8-10-23-22-9-6-7-12-26(22)33-30(23)24;1-17(2)18-10-12-19(13-11-18)26-15-20-14-24(29-16-27(20)31-26)23-8-5-7-22-21-6-3-4-9-25(21)30-28(22)23;3*1-4(6)3-5(2)7;;;/h7-11,13-19H,1-6H3;6-10,12-17H,1-5H3;3-7,9-17H,1-2H3;3*3,6H,1-2H3;;;/q3*-1;;;;;;. The third kappa shape index (κ3) is 22.9. The van der Waals surface area contributed by atoms with E-state index in [2.05, 4.69) is 236 Å². The maximum absolute atomic E-state index is 10.0. The number of aromatic nitrogens is 3. The molecule has 18 rings (SSSR count). The monoisotopic (exact) mass is 2250 g/mol. The Morgan fingerprint density at radius 2 is 0.680 bits per heavy atom. The van der Waals surface area contributed by atoms with E-state index in [4.69, 9.17) is 43.5 Å². The second kappa shape index (κ2) is 40.7. The molecule has 0 bridgehead atoms. The van der Waals surface area contributed by atoms with Crippen LogP contribution >= 0.6 is 34.0 Å². The molecule has 12 nitrogen and oxygen atoms in total. The summed E-state index contributed by atoms with van der Waals surface area (Å²) < 4.78 is 22.2. The van der Waals surface area contributed by atoms with E-state index in [0.29, 0.717) is 5.92 Å². The maximum Gasteiger partial charge on any atom is 0.155 e. The van der Waals surface area contributed by atoms with Crippen LogP contribution in [0.2, 0.25) is 0 Å². The Kier molecular flexibility index (Phi) is 31.4. The van der Waals surface area contributed by atoms with Crippen molar-refractivity contribution in [2.45, 2.75) is 154 Å². The van der Waals surface area contributed by atoms with Crippen LogP contribution in [0.4, 0.5) is 0 Å². The average molecular weight is 2240 g/mol. The van der Waals surface area contributed by atoms with Crippen molar-refractivity contribution in [1.82, 2.24) is 15.0 Å². The van der Waals surface area contributed by atoms with Gasteiger partial charge in [0.2, 0.25) is 0 Å². The predicted octanol–water partition coefficient (Wildman–Crippen LogP) is 30.7. The topological polar surface area (TPSA) is 190 Å². The van der Waals surface area contributed by atoms with Crippen LogP contribution in [-0.4, -0.2) is 47.6 Å². The summed E-state index contributed by atoms with van der Waals surface area (Å²) in [7, 11) is 0. The van der Waals surface area contributed by atoms with Crippen molar-refractivity contribution in [3.8, 4) is 65.1 Å². The molecule has 645 valence electrons. The van der Waals surface area contributed by atoms with Crippen molar-refractivity contribution in [3.63, 3.8) is 0 Å². The van der Waals surface area contributed by atoms with Crippen LogP contribution in [0, 0.1) is 32.0 Å². The number of ketones is 3. The molecule has 0 spiro atoms. The summed E-state index contributed by atoms with van der Waals surface area (Å²) in [5.74, 6) is 0.355. The number of hydrogen-bond donors (Lipinski definition) is 3. The number of para-hydroxylation sites is 3. The number of pyridine rings is 3. The van der Waals surface area contributed by atoms with Crippen molar-refractivity contribution >= 4 is 147 Å². The maximum atomic E-state index is 10.0. The molecule has 9 heterocycles. The van der Waals surface area contributed by atoms with Crippen molar-refractivity contribution < 1.29 is 103 Å². The van der Waals surface area contributed by atoms with Crippen LogP contribution in [0.5, 0.6) is 0 Å². The molecule has 125 heavy (non-hydrogen) atoms. The van der Waals surface area contributed by atoms with Gasteiger partial charge in [-0.1, -0.05) is 224 Å². The minimum atomic E-state index is -0.125. The molecule has 0 atom stereocenters. The number of carbonyl (C=O) groups is 3. The summed E-state index contributed by atoms with van der Waals surface area (Å²) in [6, 6.07) is 80.7. The first kappa shape index (κ1) is 96.5. The van der Waals surface area contributed by atoms with E-state index in [-0.39, 0.29) is 111 Å². The predicted molar refractivity (Wildman–Crippen MR) is 511 cm³/mol. The number of fused-ring (bicyclic) bond motifs is 12. The number of allylic oxidation sites excluding steroid dienone is 6. The number of furan rings is 3. The number of nitrogens with zero attached hydrogens (tertiary/aromatic N) is 3. The molecule has 0 aliphatic heterocycles. The first-order chi connectivity index (χ1) is 57.9. The second-order valence-corrected chi connectivity index (χ2v) is 37.5. The fourth-order valence-electron chi connectivity index (χ4n) is 14.6. The largest absolute Gasteiger partial charge is 0.512 e. The molecule has 0 aliphatic carbocycles. The molecule has 9 aromatic heterocycles. The number of hydrogen-bond acceptors (Lipinski definition) is 15. The van der Waals surface area contributed by atoms with Crippen molar-refractivity contribution in [1.29, 1.82) is 0 Å². The number of rotatable bonds is 10. The summed E-state index contributed by atoms with van der Waals surface area (Å²) in [4.78, 5) is 48.3. The second-order valence-electron chi connectivity index (χ2n) is 34.2. The van der Waals surface area contributed by atoms with Gasteiger partial charge in [0.1, 0.15) is 16.7 Å². The fourth-order valence-corrected chi connectivity index (χ4v) is 17.8. The Morgan fingerprint density at radius 1 is 0.376 bits per heavy atom. The molecule has 0 aliphatic rings. The van der Waals surface area contributed by atoms with Gasteiger partial charge in [-0.15, -0.1) is 88.6 Å². The molecule has 0 unspecified atom stereocenters. The summed E-state index contributed by atoms with van der Waals surface area (Å²) in [6.07, 6.45) is 9.45. The summed E-state index contributed by atoms with van der Waals surface area (Å²) in [5.41, 5.74) is 22.9. The van der Waals surface area contributed by atoms with E-state index in [0.717, 1.165) is 99.6 Å². The van der Waals surface area contributed by atoms with Gasteiger partial charge in [-0.25, -0.2) is 0 Å². The molecule has 9 aromatic carbocycles. The van der Waals surface area contributed by atoms with Crippen molar-refractivity contribution in [3.05, 3.63) is 306 Å². The van der Waals surface area contributed by atoms with E-state index in [1.165, 1.54) is 155 Å². The van der Waals surface area contributed by atoms with E-state index in [9.17, 15) is 14.4 Å². The Hall–Kier alpha value is -10.7. The van der Waals surface area contributed by atoms with Gasteiger partial charge < -0.3 is 43.5 Å². The molecule has 0 saturated heterocycles. The third-order valence-corrected chi connectivity index (χ3v) is 24.1. The van der Waals surface area contributed by atoms with E-state index in [1.54, 1.807) is 22.7 Å². The summed E-state index contributed by atoms with van der Waals surface area (Å²) >= 11 is 5.39. The van der Waals surface area contributed by atoms with E-state index < -0.39 is 0 Å². The van der Waals surface area contributed by atoms with Gasteiger partial charge in [0.05, 0.1) is 48.1 Å². The number of carbonyl (C=O) groups excluding carboxylic acids is 3. The van der Waals surface area contributed by atoms with Crippen LogP contribution in [0.25, 0.3) is 161 Å². The summed E-state index contributed by atoms with van der Waals surface area (Å²) in [5, 5.41) is 35.3. The zero-order valence-electron chi connectivity index (χ0n) is 73.5. The zero-order chi connectivity index (χ0) is 87.4. The van der Waals surface area contributed by atoms with Crippen LogP contribution in [-0.2, 0) is 90.9 Å². The first-order valence-corrected chi connectivity index (χ1v) is 43.1. The van der Waals surface area contributed by atoms with Gasteiger partial charge >= 0.3 is 0 Å².